The van der Waals surface area contributed by atoms with Gasteiger partial charge in [-0.25, -0.2) is 4.79 Å². The minimum absolute atomic E-state index is 0.0951. The van der Waals surface area contributed by atoms with Gasteiger partial charge in [-0.1, -0.05) is 0 Å². The average Bonchev–Trinajstić information content (AvgIpc) is 2.65. The summed E-state index contributed by atoms with van der Waals surface area (Å²) in [7, 11) is 0. The van der Waals surface area contributed by atoms with Crippen LogP contribution in [-0.4, -0.2) is 28.7 Å². The van der Waals surface area contributed by atoms with Gasteiger partial charge in [0.25, 0.3) is 0 Å². The zero-order chi connectivity index (χ0) is 12.0. The Labute approximate surface area is 91.9 Å². The Morgan fingerprint density at radius 1 is 1.31 bits per heavy atom. The van der Waals surface area contributed by atoms with Crippen molar-refractivity contribution in [2.75, 3.05) is 6.54 Å². The van der Waals surface area contributed by atoms with Crippen LogP contribution in [0.25, 0.3) is 0 Å². The van der Waals surface area contributed by atoms with E-state index in [0.29, 0.717) is 25.3 Å². The molecule has 1 rings (SSSR count). The lowest BCUT2D eigenvalue weighted by Crippen LogP contribution is -2.15. The van der Waals surface area contributed by atoms with Crippen LogP contribution in [-0.2, 0) is 11.3 Å². The molecule has 0 aliphatic rings. The fourth-order valence-electron chi connectivity index (χ4n) is 1.16. The third-order valence-electron chi connectivity index (χ3n) is 1.92. The summed E-state index contributed by atoms with van der Waals surface area (Å²) in [5.41, 5.74) is 0. The molecule has 1 aromatic heterocycles. The molecule has 0 aromatic carbocycles. The molecule has 0 radical (unpaired) electrons. The highest BCUT2D eigenvalue weighted by Crippen LogP contribution is 2.07. The van der Waals surface area contributed by atoms with Crippen LogP contribution >= 0.6 is 0 Å². The van der Waals surface area contributed by atoms with Gasteiger partial charge in [-0.3, -0.25) is 4.79 Å². The van der Waals surface area contributed by atoms with Gasteiger partial charge in [-0.05, 0) is 25.1 Å². The van der Waals surface area contributed by atoms with Crippen molar-refractivity contribution in [3.63, 3.8) is 0 Å². The second kappa shape index (κ2) is 5.92. The minimum atomic E-state index is -1.10. The number of carboxylic acid groups (broad SMARTS) is 2. The van der Waals surface area contributed by atoms with E-state index in [9.17, 15) is 9.59 Å². The van der Waals surface area contributed by atoms with Gasteiger partial charge in [-0.2, -0.15) is 0 Å². The highest BCUT2D eigenvalue weighted by molar-refractivity contribution is 5.84. The smallest absolute Gasteiger partial charge is 0.371 e. The van der Waals surface area contributed by atoms with Crippen molar-refractivity contribution in [1.82, 2.24) is 5.32 Å². The van der Waals surface area contributed by atoms with Crippen LogP contribution in [0.5, 0.6) is 0 Å². The van der Waals surface area contributed by atoms with Crippen molar-refractivity contribution < 1.29 is 24.2 Å². The van der Waals surface area contributed by atoms with E-state index in [1.54, 1.807) is 6.07 Å². The van der Waals surface area contributed by atoms with Gasteiger partial charge in [0.2, 0.25) is 5.76 Å². The van der Waals surface area contributed by atoms with Crippen molar-refractivity contribution in [2.45, 2.75) is 19.4 Å². The van der Waals surface area contributed by atoms with Crippen molar-refractivity contribution in [3.05, 3.63) is 23.7 Å². The zero-order valence-electron chi connectivity index (χ0n) is 8.60. The van der Waals surface area contributed by atoms with Gasteiger partial charge in [0.15, 0.2) is 0 Å². The first kappa shape index (κ1) is 12.3. The molecular weight excluding hydrogens is 214 g/mol. The first-order valence-corrected chi connectivity index (χ1v) is 4.84. The molecule has 0 bridgehead atoms. The van der Waals surface area contributed by atoms with Crippen LogP contribution < -0.4 is 5.32 Å². The summed E-state index contributed by atoms with van der Waals surface area (Å²) in [4.78, 5) is 20.7. The van der Waals surface area contributed by atoms with E-state index in [2.05, 4.69) is 5.32 Å². The van der Waals surface area contributed by atoms with Crippen LogP contribution in [0.3, 0.4) is 0 Å². The van der Waals surface area contributed by atoms with E-state index in [-0.39, 0.29) is 12.2 Å². The molecular formula is C10H13NO5. The van der Waals surface area contributed by atoms with Crippen molar-refractivity contribution >= 4 is 11.9 Å². The number of nitrogens with one attached hydrogen (secondary N) is 1. The number of hydrogen-bond donors (Lipinski definition) is 3. The number of carbonyl (C=O) groups is 2. The molecule has 0 fully saturated rings. The Kier molecular flexibility index (Phi) is 4.53. The minimum Gasteiger partial charge on any atom is -0.481 e. The molecule has 16 heavy (non-hydrogen) atoms. The number of carboxylic acids is 2. The molecule has 0 saturated carbocycles. The van der Waals surface area contributed by atoms with Crippen molar-refractivity contribution in [1.29, 1.82) is 0 Å². The Morgan fingerprint density at radius 2 is 2.06 bits per heavy atom. The van der Waals surface area contributed by atoms with Crippen LogP contribution in [0.15, 0.2) is 16.5 Å². The monoisotopic (exact) mass is 227 g/mol. The SMILES string of the molecule is O=C(O)CCCNCc1ccc(C(=O)O)o1. The summed E-state index contributed by atoms with van der Waals surface area (Å²) in [5, 5.41) is 19.9. The highest BCUT2D eigenvalue weighted by Gasteiger charge is 2.08. The number of furan rings is 1. The first-order valence-electron chi connectivity index (χ1n) is 4.84. The van der Waals surface area contributed by atoms with E-state index in [0.717, 1.165) is 0 Å². The van der Waals surface area contributed by atoms with E-state index >= 15 is 0 Å². The Hall–Kier alpha value is -1.82. The zero-order valence-corrected chi connectivity index (χ0v) is 8.60. The summed E-state index contributed by atoms with van der Waals surface area (Å²) < 4.78 is 4.99. The summed E-state index contributed by atoms with van der Waals surface area (Å²) >= 11 is 0. The summed E-state index contributed by atoms with van der Waals surface area (Å²) in [5.74, 6) is -1.50. The van der Waals surface area contributed by atoms with Crippen LogP contribution in [0.2, 0.25) is 0 Å². The van der Waals surface area contributed by atoms with Gasteiger partial charge in [0.05, 0.1) is 6.54 Å². The number of hydrogen-bond acceptors (Lipinski definition) is 4. The molecule has 88 valence electrons. The van der Waals surface area contributed by atoms with Gasteiger partial charge in [0, 0.05) is 6.42 Å². The molecule has 0 aliphatic carbocycles. The largest absolute Gasteiger partial charge is 0.481 e. The summed E-state index contributed by atoms with van der Waals surface area (Å²) in [6.45, 7) is 0.947. The molecule has 0 atom stereocenters. The number of rotatable bonds is 7. The van der Waals surface area contributed by atoms with Crippen molar-refractivity contribution in [3.8, 4) is 0 Å². The quantitative estimate of drug-likeness (QED) is 0.599. The Morgan fingerprint density at radius 3 is 2.62 bits per heavy atom. The fraction of sp³-hybridized carbons (Fsp3) is 0.400. The lowest BCUT2D eigenvalue weighted by molar-refractivity contribution is -0.137. The molecule has 0 aliphatic heterocycles. The predicted molar refractivity (Wildman–Crippen MR) is 54.2 cm³/mol. The number of aliphatic carboxylic acids is 1. The lowest BCUT2D eigenvalue weighted by atomic mass is 10.3. The average molecular weight is 227 g/mol. The molecule has 0 spiro atoms. The second-order valence-corrected chi connectivity index (χ2v) is 3.25. The molecule has 1 aromatic rings. The van der Waals surface area contributed by atoms with Crippen LogP contribution in [0.1, 0.15) is 29.2 Å². The summed E-state index contributed by atoms with van der Waals surface area (Å²) in [6.07, 6.45) is 0.646. The Bertz CT molecular complexity index is 371. The van der Waals surface area contributed by atoms with Crippen molar-refractivity contribution in [2.24, 2.45) is 0 Å². The van der Waals surface area contributed by atoms with Crippen LogP contribution in [0.4, 0.5) is 0 Å². The van der Waals surface area contributed by atoms with Gasteiger partial charge >= 0.3 is 11.9 Å². The molecule has 3 N–H and O–H groups in total. The molecule has 6 heteroatoms. The highest BCUT2D eigenvalue weighted by atomic mass is 16.4. The lowest BCUT2D eigenvalue weighted by Gasteiger charge is -2.00. The predicted octanol–water partition coefficient (Wildman–Crippen LogP) is 0.932. The van der Waals surface area contributed by atoms with E-state index in [1.807, 2.05) is 0 Å². The summed E-state index contributed by atoms with van der Waals surface area (Å²) in [6, 6.07) is 2.96. The maximum atomic E-state index is 10.5. The molecule has 1 heterocycles. The number of aromatic carboxylic acids is 1. The fourth-order valence-corrected chi connectivity index (χ4v) is 1.16. The topological polar surface area (TPSA) is 99.8 Å². The molecule has 6 nitrogen and oxygen atoms in total. The van der Waals surface area contributed by atoms with Crippen LogP contribution in [0, 0.1) is 0 Å². The van der Waals surface area contributed by atoms with Gasteiger partial charge < -0.3 is 19.9 Å². The Balaban J connectivity index is 2.21. The normalized spacial score (nSPS) is 10.2. The standard InChI is InChI=1S/C10H13NO5/c12-9(13)2-1-5-11-6-7-3-4-8(16-7)10(14)15/h3-4,11H,1-2,5-6H2,(H,12,13)(H,14,15). The maximum Gasteiger partial charge on any atom is 0.371 e. The molecule has 0 saturated heterocycles. The maximum absolute atomic E-state index is 10.5. The second-order valence-electron chi connectivity index (χ2n) is 3.25. The molecule has 0 unspecified atom stereocenters. The van der Waals surface area contributed by atoms with Gasteiger partial charge in [-0.15, -0.1) is 0 Å². The van der Waals surface area contributed by atoms with E-state index < -0.39 is 11.9 Å². The molecule has 0 amide bonds. The first-order chi connectivity index (χ1) is 7.59. The third kappa shape index (κ3) is 4.14. The van der Waals surface area contributed by atoms with Gasteiger partial charge in [0.1, 0.15) is 5.76 Å². The van der Waals surface area contributed by atoms with E-state index in [4.69, 9.17) is 14.6 Å². The van der Waals surface area contributed by atoms with E-state index in [1.165, 1.54) is 6.07 Å². The third-order valence-corrected chi connectivity index (χ3v) is 1.92.